The molecular formula is C13H8BrCl3O. The van der Waals surface area contributed by atoms with Crippen LogP contribution in [-0.2, 0) is 5.88 Å². The van der Waals surface area contributed by atoms with Gasteiger partial charge in [-0.2, -0.15) is 0 Å². The highest BCUT2D eigenvalue weighted by atomic mass is 79.9. The Morgan fingerprint density at radius 2 is 1.78 bits per heavy atom. The van der Waals surface area contributed by atoms with Crippen molar-refractivity contribution < 1.29 is 4.74 Å². The van der Waals surface area contributed by atoms with Gasteiger partial charge in [0.05, 0.1) is 10.9 Å². The highest BCUT2D eigenvalue weighted by Crippen LogP contribution is 2.34. The van der Waals surface area contributed by atoms with Gasteiger partial charge in [0.1, 0.15) is 11.5 Å². The zero-order chi connectivity index (χ0) is 13.1. The Kier molecular flexibility index (Phi) is 4.79. The minimum absolute atomic E-state index is 0.369. The molecule has 0 unspecified atom stereocenters. The lowest BCUT2D eigenvalue weighted by atomic mass is 10.2. The predicted octanol–water partition coefficient (Wildman–Crippen LogP) is 6.29. The average Bonchev–Trinajstić information content (AvgIpc) is 2.33. The van der Waals surface area contributed by atoms with Crippen LogP contribution in [0.2, 0.25) is 10.0 Å². The summed E-state index contributed by atoms with van der Waals surface area (Å²) in [5.41, 5.74) is 0.894. The van der Waals surface area contributed by atoms with Crippen molar-refractivity contribution in [1.29, 1.82) is 0 Å². The first-order valence-corrected chi connectivity index (χ1v) is 7.16. The number of halogens is 4. The van der Waals surface area contributed by atoms with Gasteiger partial charge in [0.15, 0.2) is 0 Å². The molecule has 0 aliphatic carbocycles. The van der Waals surface area contributed by atoms with Crippen LogP contribution in [0.3, 0.4) is 0 Å². The summed E-state index contributed by atoms with van der Waals surface area (Å²) in [6.07, 6.45) is 0. The van der Waals surface area contributed by atoms with Gasteiger partial charge in [0.25, 0.3) is 0 Å². The molecule has 0 saturated carbocycles. The maximum atomic E-state index is 6.06. The Morgan fingerprint density at radius 1 is 1.00 bits per heavy atom. The van der Waals surface area contributed by atoms with Crippen LogP contribution in [0.15, 0.2) is 40.9 Å². The predicted molar refractivity (Wildman–Crippen MR) is 80.2 cm³/mol. The van der Waals surface area contributed by atoms with Crippen LogP contribution in [0.4, 0.5) is 0 Å². The van der Waals surface area contributed by atoms with E-state index in [1.54, 1.807) is 18.2 Å². The highest BCUT2D eigenvalue weighted by molar-refractivity contribution is 9.10. The van der Waals surface area contributed by atoms with Gasteiger partial charge in [0.2, 0.25) is 0 Å². The fraction of sp³-hybridized carbons (Fsp3) is 0.0769. The van der Waals surface area contributed by atoms with Crippen LogP contribution in [0.5, 0.6) is 11.5 Å². The molecule has 1 nitrogen and oxygen atoms in total. The second kappa shape index (κ2) is 6.16. The van der Waals surface area contributed by atoms with E-state index in [1.807, 2.05) is 18.2 Å². The molecule has 5 heteroatoms. The van der Waals surface area contributed by atoms with Crippen molar-refractivity contribution in [3.8, 4) is 11.5 Å². The monoisotopic (exact) mass is 364 g/mol. The van der Waals surface area contributed by atoms with Gasteiger partial charge in [-0.25, -0.2) is 0 Å². The highest BCUT2D eigenvalue weighted by Gasteiger charge is 2.08. The van der Waals surface area contributed by atoms with Crippen LogP contribution in [0.1, 0.15) is 5.56 Å². The number of hydrogen-bond donors (Lipinski definition) is 0. The molecular weight excluding hydrogens is 358 g/mol. The fourth-order valence-corrected chi connectivity index (χ4v) is 2.42. The molecule has 0 bridgehead atoms. The maximum absolute atomic E-state index is 6.06. The van der Waals surface area contributed by atoms with E-state index >= 15 is 0 Å². The van der Waals surface area contributed by atoms with Crippen molar-refractivity contribution in [2.24, 2.45) is 0 Å². The van der Waals surface area contributed by atoms with Crippen LogP contribution in [-0.4, -0.2) is 0 Å². The van der Waals surface area contributed by atoms with Gasteiger partial charge in [-0.05, 0) is 30.3 Å². The molecule has 0 atom stereocenters. The second-order valence-corrected chi connectivity index (χ2v) is 5.59. The third kappa shape index (κ3) is 3.33. The van der Waals surface area contributed by atoms with Gasteiger partial charge in [-0.15, -0.1) is 11.6 Å². The summed E-state index contributed by atoms with van der Waals surface area (Å²) in [7, 11) is 0. The molecule has 2 rings (SSSR count). The SMILES string of the molecule is ClCc1ccc(Br)cc1Oc1ccc(Cl)cc1Cl. The largest absolute Gasteiger partial charge is 0.455 e. The number of alkyl halides is 1. The van der Waals surface area contributed by atoms with E-state index in [0.717, 1.165) is 10.0 Å². The Bertz CT molecular complexity index is 572. The summed E-state index contributed by atoms with van der Waals surface area (Å²) in [4.78, 5) is 0. The van der Waals surface area contributed by atoms with Crippen molar-refractivity contribution in [2.45, 2.75) is 5.88 Å². The Labute approximate surface area is 129 Å². The Morgan fingerprint density at radius 3 is 2.44 bits per heavy atom. The molecule has 0 fully saturated rings. The number of benzene rings is 2. The zero-order valence-corrected chi connectivity index (χ0v) is 12.9. The molecule has 0 N–H and O–H groups in total. The smallest absolute Gasteiger partial charge is 0.146 e. The van der Waals surface area contributed by atoms with Crippen LogP contribution < -0.4 is 4.74 Å². The summed E-state index contributed by atoms with van der Waals surface area (Å²) in [5, 5.41) is 1.03. The van der Waals surface area contributed by atoms with Crippen molar-refractivity contribution in [2.75, 3.05) is 0 Å². The van der Waals surface area contributed by atoms with E-state index in [1.165, 1.54) is 0 Å². The van der Waals surface area contributed by atoms with Gasteiger partial charge in [-0.3, -0.25) is 0 Å². The van der Waals surface area contributed by atoms with E-state index in [2.05, 4.69) is 15.9 Å². The number of rotatable bonds is 3. The lowest BCUT2D eigenvalue weighted by Gasteiger charge is -2.11. The summed E-state index contributed by atoms with van der Waals surface area (Å²) < 4.78 is 6.68. The van der Waals surface area contributed by atoms with Crippen LogP contribution >= 0.6 is 50.7 Å². The molecule has 0 amide bonds. The zero-order valence-electron chi connectivity index (χ0n) is 9.09. The minimum Gasteiger partial charge on any atom is -0.455 e. The topological polar surface area (TPSA) is 9.23 Å². The van der Waals surface area contributed by atoms with Gasteiger partial charge in [0, 0.05) is 15.1 Å². The van der Waals surface area contributed by atoms with Crippen LogP contribution in [0.25, 0.3) is 0 Å². The molecule has 0 aromatic heterocycles. The molecule has 0 spiro atoms. The summed E-state index contributed by atoms with van der Waals surface area (Å²) in [5.74, 6) is 1.59. The summed E-state index contributed by atoms with van der Waals surface area (Å²) >= 11 is 21.2. The molecule has 0 aliphatic heterocycles. The summed E-state index contributed by atoms with van der Waals surface area (Å²) in [6, 6.07) is 10.7. The van der Waals surface area contributed by atoms with E-state index < -0.39 is 0 Å². The van der Waals surface area contributed by atoms with E-state index in [0.29, 0.717) is 27.4 Å². The van der Waals surface area contributed by atoms with E-state index in [9.17, 15) is 0 Å². The first-order chi connectivity index (χ1) is 8.60. The average molecular weight is 366 g/mol. The Balaban J connectivity index is 2.36. The van der Waals surface area contributed by atoms with E-state index in [-0.39, 0.29) is 0 Å². The lowest BCUT2D eigenvalue weighted by Crippen LogP contribution is -1.90. The number of ether oxygens (including phenoxy) is 1. The molecule has 18 heavy (non-hydrogen) atoms. The maximum Gasteiger partial charge on any atom is 0.146 e. The van der Waals surface area contributed by atoms with Crippen molar-refractivity contribution >= 4 is 50.7 Å². The third-order valence-corrected chi connectivity index (χ3v) is 3.60. The molecule has 0 heterocycles. The standard InChI is InChI=1S/C13H8BrCl3O/c14-9-2-1-8(7-15)13(5-9)18-12-4-3-10(16)6-11(12)17/h1-6H,7H2. The second-order valence-electron chi connectivity index (χ2n) is 3.56. The molecule has 0 saturated heterocycles. The van der Waals surface area contributed by atoms with Gasteiger partial charge >= 0.3 is 0 Å². The van der Waals surface area contributed by atoms with Crippen LogP contribution in [0, 0.1) is 0 Å². The molecule has 0 radical (unpaired) electrons. The lowest BCUT2D eigenvalue weighted by molar-refractivity contribution is 0.478. The first-order valence-electron chi connectivity index (χ1n) is 5.07. The normalized spacial score (nSPS) is 10.4. The molecule has 2 aromatic rings. The fourth-order valence-electron chi connectivity index (χ4n) is 1.41. The van der Waals surface area contributed by atoms with Gasteiger partial charge < -0.3 is 4.74 Å². The van der Waals surface area contributed by atoms with Crippen molar-refractivity contribution in [3.05, 3.63) is 56.5 Å². The third-order valence-electron chi connectivity index (χ3n) is 2.29. The molecule has 0 aliphatic rings. The molecule has 94 valence electrons. The number of hydrogen-bond acceptors (Lipinski definition) is 1. The quantitative estimate of drug-likeness (QED) is 0.580. The Hall–Kier alpha value is -0.410. The van der Waals surface area contributed by atoms with E-state index in [4.69, 9.17) is 39.5 Å². The minimum atomic E-state index is 0.369. The first kappa shape index (κ1) is 14.0. The van der Waals surface area contributed by atoms with Gasteiger partial charge in [-0.1, -0.05) is 45.2 Å². The molecule has 2 aromatic carbocycles. The van der Waals surface area contributed by atoms with Crippen molar-refractivity contribution in [1.82, 2.24) is 0 Å². The van der Waals surface area contributed by atoms with Crippen molar-refractivity contribution in [3.63, 3.8) is 0 Å². The summed E-state index contributed by atoms with van der Waals surface area (Å²) in [6.45, 7) is 0.